The number of nitrogens with one attached hydrogen (secondary N) is 1. The molecule has 0 unspecified atom stereocenters. The van der Waals surface area contributed by atoms with Crippen LogP contribution in [-0.4, -0.2) is 52.6 Å². The van der Waals surface area contributed by atoms with Crippen LogP contribution in [0.4, 0.5) is 11.4 Å². The van der Waals surface area contributed by atoms with Gasteiger partial charge in [-0.25, -0.2) is 4.79 Å². The van der Waals surface area contributed by atoms with Crippen molar-refractivity contribution >= 4 is 17.3 Å². The number of anilines is 2. The van der Waals surface area contributed by atoms with Crippen molar-refractivity contribution in [2.75, 3.05) is 56.8 Å². The molecule has 1 N–H and O–H groups in total. The van der Waals surface area contributed by atoms with Gasteiger partial charge in [-0.1, -0.05) is 6.07 Å². The van der Waals surface area contributed by atoms with Gasteiger partial charge in [0.1, 0.15) is 0 Å². The number of morpholine rings is 1. The fourth-order valence-corrected chi connectivity index (χ4v) is 3.40. The summed E-state index contributed by atoms with van der Waals surface area (Å²) >= 11 is 0. The Bertz CT molecular complexity index is 849. The lowest BCUT2D eigenvalue weighted by Crippen LogP contribution is -2.37. The molecule has 0 radical (unpaired) electrons. The Morgan fingerprint density at radius 3 is 2.57 bits per heavy atom. The summed E-state index contributed by atoms with van der Waals surface area (Å²) in [4.78, 5) is 14.7. The fraction of sp³-hybridized carbons (Fsp3) is 0.435. The van der Waals surface area contributed by atoms with E-state index in [0.29, 0.717) is 50.0 Å². The van der Waals surface area contributed by atoms with Crippen LogP contribution in [0.2, 0.25) is 0 Å². The van der Waals surface area contributed by atoms with E-state index in [4.69, 9.17) is 18.9 Å². The molecule has 1 aliphatic rings. The average molecular weight is 415 g/mol. The van der Waals surface area contributed by atoms with Crippen molar-refractivity contribution < 1.29 is 23.7 Å². The minimum absolute atomic E-state index is 0.314. The molecule has 0 aliphatic carbocycles. The first kappa shape index (κ1) is 21.8. The van der Waals surface area contributed by atoms with Crippen molar-refractivity contribution in [3.63, 3.8) is 0 Å². The molecule has 1 saturated heterocycles. The van der Waals surface area contributed by atoms with Gasteiger partial charge in [0.15, 0.2) is 11.5 Å². The molecular formula is C23H30N2O5. The summed E-state index contributed by atoms with van der Waals surface area (Å²) in [5.41, 5.74) is 3.34. The minimum atomic E-state index is -0.314. The Hall–Kier alpha value is -2.93. The highest BCUT2D eigenvalue weighted by molar-refractivity contribution is 5.97. The molecule has 0 saturated carbocycles. The molecule has 7 nitrogen and oxygen atoms in total. The van der Waals surface area contributed by atoms with Crippen molar-refractivity contribution in [1.29, 1.82) is 0 Å². The summed E-state index contributed by atoms with van der Waals surface area (Å²) in [6.07, 6.45) is 0. The normalized spacial score (nSPS) is 13.6. The Balaban J connectivity index is 1.78. The summed E-state index contributed by atoms with van der Waals surface area (Å²) in [6.45, 7) is 8.07. The Morgan fingerprint density at radius 2 is 1.87 bits per heavy atom. The second-order valence-electron chi connectivity index (χ2n) is 6.82. The number of nitrogens with zero attached hydrogens (tertiary/aromatic N) is 1. The van der Waals surface area contributed by atoms with Crippen molar-refractivity contribution in [3.05, 3.63) is 47.5 Å². The number of carbonyl (C=O) groups is 1. The summed E-state index contributed by atoms with van der Waals surface area (Å²) in [6, 6.07) is 11.7. The molecule has 0 atom stereocenters. The molecule has 162 valence electrons. The van der Waals surface area contributed by atoms with Crippen LogP contribution in [0, 0.1) is 0 Å². The van der Waals surface area contributed by atoms with Crippen LogP contribution in [-0.2, 0) is 16.0 Å². The van der Waals surface area contributed by atoms with Crippen LogP contribution >= 0.6 is 0 Å². The van der Waals surface area contributed by atoms with Gasteiger partial charge in [-0.3, -0.25) is 0 Å². The predicted molar refractivity (Wildman–Crippen MR) is 117 cm³/mol. The number of hydrogen-bond donors (Lipinski definition) is 1. The van der Waals surface area contributed by atoms with Crippen LogP contribution in [0.15, 0.2) is 36.4 Å². The number of hydrogen-bond acceptors (Lipinski definition) is 7. The first-order valence-electron chi connectivity index (χ1n) is 10.3. The summed E-state index contributed by atoms with van der Waals surface area (Å²) < 4.78 is 21.7. The van der Waals surface area contributed by atoms with Gasteiger partial charge in [0.2, 0.25) is 0 Å². The highest BCUT2D eigenvalue weighted by atomic mass is 16.5. The minimum Gasteiger partial charge on any atom is -0.493 e. The first-order valence-corrected chi connectivity index (χ1v) is 10.3. The first-order chi connectivity index (χ1) is 14.7. The van der Waals surface area contributed by atoms with Crippen molar-refractivity contribution in [2.45, 2.75) is 20.4 Å². The molecular weight excluding hydrogens is 384 g/mol. The number of methoxy groups -OCH3 is 1. The third-order valence-electron chi connectivity index (χ3n) is 4.87. The SMILES string of the molecule is CCOC(=O)c1cc(NCc2ccc(OC)c(OCC)c2)ccc1N1CCOCC1. The molecule has 30 heavy (non-hydrogen) atoms. The van der Waals surface area contributed by atoms with Crippen LogP contribution in [0.3, 0.4) is 0 Å². The molecule has 0 spiro atoms. The highest BCUT2D eigenvalue weighted by Crippen LogP contribution is 2.29. The molecule has 0 amide bonds. The van der Waals surface area contributed by atoms with E-state index in [1.165, 1.54) is 0 Å². The lowest BCUT2D eigenvalue weighted by atomic mass is 10.1. The van der Waals surface area contributed by atoms with Crippen molar-refractivity contribution in [2.24, 2.45) is 0 Å². The van der Waals surface area contributed by atoms with Gasteiger partial charge < -0.3 is 29.2 Å². The largest absolute Gasteiger partial charge is 0.493 e. The van der Waals surface area contributed by atoms with Gasteiger partial charge >= 0.3 is 5.97 Å². The molecule has 2 aromatic rings. The Kier molecular flexibility index (Phi) is 7.79. The maximum absolute atomic E-state index is 12.6. The molecule has 1 fully saturated rings. The summed E-state index contributed by atoms with van der Waals surface area (Å²) in [5.74, 6) is 1.11. The highest BCUT2D eigenvalue weighted by Gasteiger charge is 2.20. The second kappa shape index (κ2) is 10.7. The Morgan fingerprint density at radius 1 is 1.07 bits per heavy atom. The van der Waals surface area contributed by atoms with Gasteiger partial charge in [-0.2, -0.15) is 0 Å². The summed E-state index contributed by atoms with van der Waals surface area (Å²) in [7, 11) is 1.63. The zero-order valence-corrected chi connectivity index (χ0v) is 17.9. The second-order valence-corrected chi connectivity index (χ2v) is 6.82. The van der Waals surface area contributed by atoms with Gasteiger partial charge in [0.05, 0.1) is 44.8 Å². The van der Waals surface area contributed by atoms with E-state index < -0.39 is 0 Å². The zero-order valence-electron chi connectivity index (χ0n) is 17.9. The zero-order chi connectivity index (χ0) is 21.3. The lowest BCUT2D eigenvalue weighted by Gasteiger charge is -2.30. The predicted octanol–water partition coefficient (Wildman–Crippen LogP) is 3.72. The van der Waals surface area contributed by atoms with E-state index in [9.17, 15) is 4.79 Å². The molecule has 0 aromatic heterocycles. The topological polar surface area (TPSA) is 69.3 Å². The molecule has 7 heteroatoms. The molecule has 2 aromatic carbocycles. The van der Waals surface area contributed by atoms with Crippen molar-refractivity contribution in [3.8, 4) is 11.5 Å². The molecule has 1 heterocycles. The Labute approximate surface area is 177 Å². The van der Waals surface area contributed by atoms with E-state index in [-0.39, 0.29) is 5.97 Å². The third-order valence-corrected chi connectivity index (χ3v) is 4.87. The van der Waals surface area contributed by atoms with E-state index in [1.54, 1.807) is 7.11 Å². The van der Waals surface area contributed by atoms with Gasteiger partial charge in [-0.05, 0) is 49.7 Å². The quantitative estimate of drug-likeness (QED) is 0.627. The van der Waals surface area contributed by atoms with Crippen LogP contribution in [0.1, 0.15) is 29.8 Å². The van der Waals surface area contributed by atoms with E-state index in [1.807, 2.05) is 50.2 Å². The van der Waals surface area contributed by atoms with E-state index >= 15 is 0 Å². The van der Waals surface area contributed by atoms with Crippen LogP contribution in [0.25, 0.3) is 0 Å². The van der Waals surface area contributed by atoms with Gasteiger partial charge in [-0.15, -0.1) is 0 Å². The van der Waals surface area contributed by atoms with Crippen LogP contribution in [0.5, 0.6) is 11.5 Å². The smallest absolute Gasteiger partial charge is 0.340 e. The van der Waals surface area contributed by atoms with Gasteiger partial charge in [0.25, 0.3) is 0 Å². The number of esters is 1. The maximum atomic E-state index is 12.6. The lowest BCUT2D eigenvalue weighted by molar-refractivity contribution is 0.0526. The fourth-order valence-electron chi connectivity index (χ4n) is 3.40. The molecule has 0 bridgehead atoms. The number of carbonyl (C=O) groups excluding carboxylic acids is 1. The number of ether oxygens (including phenoxy) is 4. The number of rotatable bonds is 9. The number of benzene rings is 2. The molecule has 1 aliphatic heterocycles. The maximum Gasteiger partial charge on any atom is 0.340 e. The molecule has 3 rings (SSSR count). The van der Waals surface area contributed by atoms with E-state index in [0.717, 1.165) is 30.0 Å². The van der Waals surface area contributed by atoms with Crippen molar-refractivity contribution in [1.82, 2.24) is 0 Å². The third kappa shape index (κ3) is 5.36. The van der Waals surface area contributed by atoms with E-state index in [2.05, 4.69) is 10.2 Å². The monoisotopic (exact) mass is 414 g/mol. The van der Waals surface area contributed by atoms with Crippen LogP contribution < -0.4 is 19.7 Å². The van der Waals surface area contributed by atoms with Gasteiger partial charge in [0, 0.05) is 25.3 Å². The summed E-state index contributed by atoms with van der Waals surface area (Å²) in [5, 5.41) is 3.39. The standard InChI is InChI=1S/C23H30N2O5/c1-4-29-22-14-17(6-9-21(22)27-3)16-24-18-7-8-20(25-10-12-28-13-11-25)19(15-18)23(26)30-5-2/h6-9,14-15,24H,4-5,10-13,16H2,1-3H3. The average Bonchev–Trinajstić information content (AvgIpc) is 2.78.